The summed E-state index contributed by atoms with van der Waals surface area (Å²) in [5.41, 5.74) is -3.96. The number of hydrogen-bond donors (Lipinski definition) is 5. The summed E-state index contributed by atoms with van der Waals surface area (Å²) in [6, 6.07) is 4.71. The van der Waals surface area contributed by atoms with Crippen molar-refractivity contribution in [3.8, 4) is 28.7 Å². The fraction of sp³-hybridized carbons (Fsp3) is 0.250. The third kappa shape index (κ3) is 2.66. The Morgan fingerprint density at radius 1 is 0.960 bits per heavy atom. The zero-order chi connectivity index (χ0) is 18.6. The molecule has 1 aliphatic rings. The summed E-state index contributed by atoms with van der Waals surface area (Å²) in [5, 5.41) is 48.5. The zero-order valence-corrected chi connectivity index (χ0v) is 12.4. The van der Waals surface area contributed by atoms with Crippen LogP contribution in [0.5, 0.6) is 28.7 Å². The van der Waals surface area contributed by atoms with E-state index in [0.717, 1.165) is 30.3 Å². The summed E-state index contributed by atoms with van der Waals surface area (Å²) in [6.07, 6.45) is -8.15. The lowest BCUT2D eigenvalue weighted by Crippen LogP contribution is -2.55. The van der Waals surface area contributed by atoms with Crippen LogP contribution in [0, 0.1) is 0 Å². The van der Waals surface area contributed by atoms with Gasteiger partial charge in [-0.3, -0.25) is 0 Å². The van der Waals surface area contributed by atoms with Gasteiger partial charge in [-0.2, -0.15) is 13.2 Å². The number of halogens is 3. The number of phenolic OH excluding ortho intramolecular Hbond substituents is 4. The quantitative estimate of drug-likeness (QED) is 0.501. The fourth-order valence-electron chi connectivity index (χ4n) is 2.78. The third-order valence-corrected chi connectivity index (χ3v) is 4.09. The van der Waals surface area contributed by atoms with E-state index in [9.17, 15) is 38.7 Å². The summed E-state index contributed by atoms with van der Waals surface area (Å²) < 4.78 is 46.0. The Labute approximate surface area is 139 Å². The van der Waals surface area contributed by atoms with Crippen molar-refractivity contribution in [2.75, 3.05) is 0 Å². The second kappa shape index (κ2) is 5.35. The molecule has 0 saturated heterocycles. The number of alkyl halides is 3. The normalized spacial score (nSPS) is 23.0. The number of rotatable bonds is 1. The van der Waals surface area contributed by atoms with Crippen LogP contribution in [-0.4, -0.2) is 37.3 Å². The minimum Gasteiger partial charge on any atom is -0.508 e. The molecule has 0 amide bonds. The first-order valence-corrected chi connectivity index (χ1v) is 7.05. The molecule has 1 heterocycles. The van der Waals surface area contributed by atoms with E-state index in [1.165, 1.54) is 0 Å². The molecule has 0 saturated carbocycles. The van der Waals surface area contributed by atoms with E-state index in [-0.39, 0.29) is 16.9 Å². The average molecular weight is 358 g/mol. The Kier molecular flexibility index (Phi) is 3.64. The van der Waals surface area contributed by atoms with Crippen LogP contribution in [0.4, 0.5) is 13.2 Å². The lowest BCUT2D eigenvalue weighted by molar-refractivity contribution is -0.292. The smallest absolute Gasteiger partial charge is 0.421 e. The molecule has 0 fully saturated rings. The standard InChI is InChI=1S/C16H13F3O6/c17-16(18,19)15(24)6-9-11(22)4-8(20)5-13(9)25-14(15)7-1-2-10(21)12(23)3-7/h1-5,14,20-24H,6H2. The Balaban J connectivity index is 2.18. The van der Waals surface area contributed by atoms with E-state index in [0.29, 0.717) is 0 Å². The Morgan fingerprint density at radius 3 is 2.24 bits per heavy atom. The molecule has 9 heteroatoms. The Hall–Kier alpha value is -2.81. The predicted molar refractivity (Wildman–Crippen MR) is 77.6 cm³/mol. The summed E-state index contributed by atoms with van der Waals surface area (Å²) in [7, 11) is 0. The van der Waals surface area contributed by atoms with Crippen LogP contribution >= 0.6 is 0 Å². The van der Waals surface area contributed by atoms with Crippen molar-refractivity contribution in [1.29, 1.82) is 0 Å². The van der Waals surface area contributed by atoms with Crippen LogP contribution in [0.1, 0.15) is 17.2 Å². The highest BCUT2D eigenvalue weighted by molar-refractivity contribution is 5.53. The average Bonchev–Trinajstić information content (AvgIpc) is 2.49. The van der Waals surface area contributed by atoms with Gasteiger partial charge < -0.3 is 30.3 Å². The number of benzene rings is 2. The number of ether oxygens (including phenoxy) is 1. The molecule has 0 aromatic heterocycles. The van der Waals surface area contributed by atoms with Gasteiger partial charge in [0.2, 0.25) is 5.60 Å². The highest BCUT2D eigenvalue weighted by Gasteiger charge is 2.62. The second-order valence-corrected chi connectivity index (χ2v) is 5.79. The van der Waals surface area contributed by atoms with Gasteiger partial charge >= 0.3 is 6.18 Å². The van der Waals surface area contributed by atoms with Crippen LogP contribution in [0.15, 0.2) is 30.3 Å². The zero-order valence-electron chi connectivity index (χ0n) is 12.4. The molecule has 2 unspecified atom stereocenters. The molecule has 2 atom stereocenters. The maximum atomic E-state index is 13.6. The molecule has 0 bridgehead atoms. The van der Waals surface area contributed by atoms with Gasteiger partial charge in [-0.05, 0) is 17.7 Å². The van der Waals surface area contributed by atoms with Gasteiger partial charge in [-0.25, -0.2) is 0 Å². The molecule has 0 radical (unpaired) electrons. The van der Waals surface area contributed by atoms with E-state index in [4.69, 9.17) is 4.74 Å². The lowest BCUT2D eigenvalue weighted by atomic mass is 9.81. The van der Waals surface area contributed by atoms with Crippen molar-refractivity contribution in [1.82, 2.24) is 0 Å². The van der Waals surface area contributed by atoms with Crippen molar-refractivity contribution in [2.24, 2.45) is 0 Å². The molecular formula is C16H13F3O6. The number of fused-ring (bicyclic) bond motifs is 1. The maximum Gasteiger partial charge on any atom is 0.421 e. The highest BCUT2D eigenvalue weighted by atomic mass is 19.4. The number of aromatic hydroxyl groups is 4. The van der Waals surface area contributed by atoms with Crippen molar-refractivity contribution in [3.63, 3.8) is 0 Å². The van der Waals surface area contributed by atoms with Crippen molar-refractivity contribution >= 4 is 0 Å². The van der Waals surface area contributed by atoms with Gasteiger partial charge in [0.1, 0.15) is 17.2 Å². The van der Waals surface area contributed by atoms with E-state index >= 15 is 0 Å². The Morgan fingerprint density at radius 2 is 1.64 bits per heavy atom. The van der Waals surface area contributed by atoms with Crippen LogP contribution in [0.3, 0.4) is 0 Å². The van der Waals surface area contributed by atoms with Crippen molar-refractivity contribution in [3.05, 3.63) is 41.5 Å². The molecule has 3 rings (SSSR count). The summed E-state index contributed by atoms with van der Waals surface area (Å²) in [4.78, 5) is 0. The molecular weight excluding hydrogens is 345 g/mol. The van der Waals surface area contributed by atoms with E-state index in [1.54, 1.807) is 0 Å². The van der Waals surface area contributed by atoms with Gasteiger partial charge in [0.25, 0.3) is 0 Å². The molecule has 1 aliphatic heterocycles. The van der Waals surface area contributed by atoms with E-state index < -0.39 is 47.3 Å². The Bertz CT molecular complexity index is 835. The molecule has 2 aromatic rings. The van der Waals surface area contributed by atoms with Crippen LogP contribution in [-0.2, 0) is 6.42 Å². The van der Waals surface area contributed by atoms with E-state index in [1.807, 2.05) is 0 Å². The van der Waals surface area contributed by atoms with Crippen LogP contribution in [0.25, 0.3) is 0 Å². The topological polar surface area (TPSA) is 110 Å². The number of phenols is 4. The summed E-state index contributed by atoms with van der Waals surface area (Å²) in [6.45, 7) is 0. The maximum absolute atomic E-state index is 13.6. The molecule has 0 spiro atoms. The lowest BCUT2D eigenvalue weighted by Gasteiger charge is -2.42. The summed E-state index contributed by atoms with van der Waals surface area (Å²) in [5.74, 6) is -2.55. The predicted octanol–water partition coefficient (Wildman–Crippen LogP) is 2.48. The van der Waals surface area contributed by atoms with Gasteiger partial charge in [0.15, 0.2) is 17.6 Å². The molecule has 2 aromatic carbocycles. The minimum absolute atomic E-state index is 0.232. The van der Waals surface area contributed by atoms with Crippen molar-refractivity contribution < 1.29 is 43.4 Å². The summed E-state index contributed by atoms with van der Waals surface area (Å²) >= 11 is 0. The first-order chi connectivity index (χ1) is 11.5. The highest BCUT2D eigenvalue weighted by Crippen LogP contribution is 2.52. The monoisotopic (exact) mass is 358 g/mol. The molecule has 0 aliphatic carbocycles. The largest absolute Gasteiger partial charge is 0.508 e. The number of aliphatic hydroxyl groups is 1. The number of hydrogen-bond acceptors (Lipinski definition) is 6. The van der Waals surface area contributed by atoms with Gasteiger partial charge in [-0.1, -0.05) is 6.07 Å². The molecule has 6 nitrogen and oxygen atoms in total. The molecule has 5 N–H and O–H groups in total. The SMILES string of the molecule is Oc1cc(O)c2c(c1)OC(c1ccc(O)c(O)c1)C(O)(C(F)(F)F)C2. The van der Waals surface area contributed by atoms with Gasteiger partial charge in [0.05, 0.1) is 0 Å². The first kappa shape index (κ1) is 17.0. The van der Waals surface area contributed by atoms with Crippen molar-refractivity contribution in [2.45, 2.75) is 24.3 Å². The molecule has 134 valence electrons. The van der Waals surface area contributed by atoms with Gasteiger partial charge in [-0.15, -0.1) is 0 Å². The first-order valence-electron chi connectivity index (χ1n) is 7.05. The van der Waals surface area contributed by atoms with Crippen LogP contribution in [0.2, 0.25) is 0 Å². The fourth-order valence-corrected chi connectivity index (χ4v) is 2.78. The van der Waals surface area contributed by atoms with Crippen LogP contribution < -0.4 is 4.74 Å². The van der Waals surface area contributed by atoms with Gasteiger partial charge in [0, 0.05) is 24.1 Å². The third-order valence-electron chi connectivity index (χ3n) is 4.09. The second-order valence-electron chi connectivity index (χ2n) is 5.79. The minimum atomic E-state index is -5.13. The molecule has 25 heavy (non-hydrogen) atoms. The van der Waals surface area contributed by atoms with E-state index in [2.05, 4.69) is 0 Å².